The lowest BCUT2D eigenvalue weighted by Crippen LogP contribution is -2.43. The Hall–Kier alpha value is -1.83. The van der Waals surface area contributed by atoms with Crippen molar-refractivity contribution in [3.63, 3.8) is 0 Å². The number of nitrogens with one attached hydrogen (secondary N) is 3. The van der Waals surface area contributed by atoms with E-state index < -0.39 is 17.6 Å². The van der Waals surface area contributed by atoms with E-state index in [-0.39, 0.29) is 19.0 Å². The van der Waals surface area contributed by atoms with Crippen molar-refractivity contribution in [1.29, 1.82) is 0 Å². The van der Waals surface area contributed by atoms with Crippen LogP contribution in [-0.4, -0.2) is 49.7 Å². The maximum Gasteiger partial charge on any atom is 0.408 e. The summed E-state index contributed by atoms with van der Waals surface area (Å²) in [4.78, 5) is 33.7. The molecular weight excluding hydrogens is 252 g/mol. The fourth-order valence-corrected chi connectivity index (χ4v) is 0.982. The first-order valence-electron chi connectivity index (χ1n) is 5.95. The lowest BCUT2D eigenvalue weighted by atomic mass is 10.2. The molecule has 0 spiro atoms. The first-order valence-corrected chi connectivity index (χ1v) is 5.95. The zero-order chi connectivity index (χ0) is 14.9. The van der Waals surface area contributed by atoms with Crippen molar-refractivity contribution in [2.45, 2.75) is 26.4 Å². The summed E-state index contributed by atoms with van der Waals surface area (Å²) in [6.07, 6.45) is -0.685. The van der Waals surface area contributed by atoms with Gasteiger partial charge in [0.1, 0.15) is 12.1 Å². The topological polar surface area (TPSA) is 123 Å². The number of ether oxygens (including phenoxy) is 1. The highest BCUT2D eigenvalue weighted by Crippen LogP contribution is 2.05. The first-order chi connectivity index (χ1) is 8.74. The highest BCUT2D eigenvalue weighted by molar-refractivity contribution is 5.87. The lowest BCUT2D eigenvalue weighted by molar-refractivity contribution is -0.125. The van der Waals surface area contributed by atoms with Gasteiger partial charge in [-0.2, -0.15) is 0 Å². The molecule has 19 heavy (non-hydrogen) atoms. The molecule has 0 aliphatic rings. The fourth-order valence-electron chi connectivity index (χ4n) is 0.982. The Morgan fingerprint density at radius 1 is 1.00 bits per heavy atom. The van der Waals surface area contributed by atoms with Crippen LogP contribution in [0.15, 0.2) is 0 Å². The van der Waals surface area contributed by atoms with E-state index in [1.165, 1.54) is 0 Å². The maximum atomic E-state index is 11.3. The van der Waals surface area contributed by atoms with Gasteiger partial charge >= 0.3 is 6.09 Å². The predicted octanol–water partition coefficient (Wildman–Crippen LogP) is -1.30. The van der Waals surface area contributed by atoms with Crippen molar-refractivity contribution in [2.24, 2.45) is 5.73 Å². The van der Waals surface area contributed by atoms with Crippen LogP contribution in [0.1, 0.15) is 20.8 Å². The minimum Gasteiger partial charge on any atom is -0.444 e. The van der Waals surface area contributed by atoms with Gasteiger partial charge in [-0.3, -0.25) is 9.59 Å². The number of hydrogen-bond donors (Lipinski definition) is 4. The Morgan fingerprint density at radius 3 is 2.05 bits per heavy atom. The lowest BCUT2D eigenvalue weighted by Gasteiger charge is -2.19. The number of amides is 3. The summed E-state index contributed by atoms with van der Waals surface area (Å²) in [5.74, 6) is -0.815. The number of rotatable bonds is 6. The molecule has 8 nitrogen and oxygen atoms in total. The summed E-state index contributed by atoms with van der Waals surface area (Å²) < 4.78 is 4.94. The monoisotopic (exact) mass is 274 g/mol. The van der Waals surface area contributed by atoms with E-state index >= 15 is 0 Å². The molecule has 3 amide bonds. The van der Waals surface area contributed by atoms with E-state index in [0.29, 0.717) is 13.1 Å². The van der Waals surface area contributed by atoms with E-state index in [1.807, 2.05) is 0 Å². The third-order valence-corrected chi connectivity index (χ3v) is 1.70. The van der Waals surface area contributed by atoms with Crippen LogP contribution in [0, 0.1) is 0 Å². The number of alkyl carbamates (subject to hydrolysis) is 1. The summed E-state index contributed by atoms with van der Waals surface area (Å²) in [5, 5.41) is 7.12. The Balaban J connectivity index is 3.76. The van der Waals surface area contributed by atoms with Gasteiger partial charge < -0.3 is 26.4 Å². The number of carbonyl (C=O) groups is 3. The quantitative estimate of drug-likeness (QED) is 0.479. The van der Waals surface area contributed by atoms with Gasteiger partial charge in [0.15, 0.2) is 0 Å². The van der Waals surface area contributed by atoms with Crippen LogP contribution in [0.2, 0.25) is 0 Å². The molecule has 0 saturated carbocycles. The van der Waals surface area contributed by atoms with Crippen LogP contribution in [0.5, 0.6) is 0 Å². The second kappa shape index (κ2) is 8.30. The molecule has 0 aromatic rings. The summed E-state index contributed by atoms with van der Waals surface area (Å²) in [6.45, 7) is 5.43. The second-order valence-electron chi connectivity index (χ2n) is 4.77. The molecule has 5 N–H and O–H groups in total. The highest BCUT2D eigenvalue weighted by Gasteiger charge is 2.16. The molecule has 0 radical (unpaired) electrons. The maximum absolute atomic E-state index is 11.3. The highest BCUT2D eigenvalue weighted by atomic mass is 16.6. The molecule has 0 bridgehead atoms. The van der Waals surface area contributed by atoms with Gasteiger partial charge in [-0.15, -0.1) is 0 Å². The average molecular weight is 274 g/mol. The molecule has 0 rings (SSSR count). The molecular formula is C11H22N4O4. The van der Waals surface area contributed by atoms with Crippen molar-refractivity contribution >= 4 is 17.9 Å². The summed E-state index contributed by atoms with van der Waals surface area (Å²) >= 11 is 0. The third-order valence-electron chi connectivity index (χ3n) is 1.70. The summed E-state index contributed by atoms with van der Waals surface area (Å²) in [6, 6.07) is 0. The Bertz CT molecular complexity index is 325. The molecule has 0 aromatic carbocycles. The van der Waals surface area contributed by atoms with E-state index in [9.17, 15) is 14.4 Å². The van der Waals surface area contributed by atoms with Gasteiger partial charge in [0, 0.05) is 13.1 Å². The van der Waals surface area contributed by atoms with E-state index in [0.717, 1.165) is 0 Å². The smallest absolute Gasteiger partial charge is 0.408 e. The van der Waals surface area contributed by atoms with E-state index in [2.05, 4.69) is 16.0 Å². The molecule has 0 fully saturated rings. The minimum absolute atomic E-state index is 0.158. The van der Waals surface area contributed by atoms with Crippen LogP contribution in [0.4, 0.5) is 4.79 Å². The molecule has 0 aliphatic carbocycles. The molecule has 0 aliphatic heterocycles. The molecule has 0 saturated heterocycles. The van der Waals surface area contributed by atoms with Gasteiger partial charge in [-0.25, -0.2) is 4.79 Å². The second-order valence-corrected chi connectivity index (χ2v) is 4.77. The normalized spacial score (nSPS) is 10.5. The largest absolute Gasteiger partial charge is 0.444 e. The predicted molar refractivity (Wildman–Crippen MR) is 69.3 cm³/mol. The van der Waals surface area contributed by atoms with Gasteiger partial charge in [-0.1, -0.05) is 0 Å². The van der Waals surface area contributed by atoms with Crippen LogP contribution in [0.25, 0.3) is 0 Å². The van der Waals surface area contributed by atoms with Crippen molar-refractivity contribution < 1.29 is 19.1 Å². The first kappa shape index (κ1) is 17.2. The fraction of sp³-hybridized carbons (Fsp3) is 0.727. The van der Waals surface area contributed by atoms with Crippen LogP contribution in [-0.2, 0) is 14.3 Å². The Kier molecular flexibility index (Phi) is 7.50. The third kappa shape index (κ3) is 11.0. The van der Waals surface area contributed by atoms with Crippen LogP contribution >= 0.6 is 0 Å². The Labute approximate surface area is 112 Å². The van der Waals surface area contributed by atoms with Crippen LogP contribution < -0.4 is 21.7 Å². The number of carbonyl (C=O) groups excluding carboxylic acids is 3. The molecule has 0 unspecified atom stereocenters. The molecule has 0 aromatic heterocycles. The van der Waals surface area contributed by atoms with Crippen molar-refractivity contribution in [2.75, 3.05) is 26.2 Å². The molecule has 0 atom stereocenters. The van der Waals surface area contributed by atoms with E-state index in [4.69, 9.17) is 10.5 Å². The van der Waals surface area contributed by atoms with Crippen molar-refractivity contribution in [3.05, 3.63) is 0 Å². The molecule has 110 valence electrons. The van der Waals surface area contributed by atoms with Crippen LogP contribution in [0.3, 0.4) is 0 Å². The van der Waals surface area contributed by atoms with Crippen molar-refractivity contribution in [1.82, 2.24) is 16.0 Å². The SMILES string of the molecule is CC(C)(C)OC(=O)NCC(=O)NCC(=O)NCCN. The average Bonchev–Trinajstić information content (AvgIpc) is 2.29. The van der Waals surface area contributed by atoms with Gasteiger partial charge in [0.25, 0.3) is 0 Å². The zero-order valence-corrected chi connectivity index (χ0v) is 11.5. The minimum atomic E-state index is -0.685. The van der Waals surface area contributed by atoms with Crippen molar-refractivity contribution in [3.8, 4) is 0 Å². The molecule has 8 heteroatoms. The summed E-state index contributed by atoms with van der Waals surface area (Å²) in [5.41, 5.74) is 4.58. The standard InChI is InChI=1S/C11H22N4O4/c1-11(2,3)19-10(18)15-7-9(17)14-6-8(16)13-5-4-12/h4-7,12H2,1-3H3,(H,13,16)(H,14,17)(H,15,18). The summed E-state index contributed by atoms with van der Waals surface area (Å²) in [7, 11) is 0. The van der Waals surface area contributed by atoms with E-state index in [1.54, 1.807) is 20.8 Å². The number of nitrogens with two attached hydrogens (primary N) is 1. The number of hydrogen-bond acceptors (Lipinski definition) is 5. The van der Waals surface area contributed by atoms with Gasteiger partial charge in [0.05, 0.1) is 6.54 Å². The zero-order valence-electron chi connectivity index (χ0n) is 11.5. The van der Waals surface area contributed by atoms with Gasteiger partial charge in [0.2, 0.25) is 11.8 Å². The van der Waals surface area contributed by atoms with Gasteiger partial charge in [-0.05, 0) is 20.8 Å². The Morgan fingerprint density at radius 2 is 1.53 bits per heavy atom. The molecule has 0 heterocycles.